The van der Waals surface area contributed by atoms with Gasteiger partial charge in [-0.15, -0.1) is 5.48 Å². The minimum absolute atomic E-state index is 0.0785. The highest BCUT2D eigenvalue weighted by Gasteiger charge is 2.22. The number of nitrogens with one attached hydrogen (secondary N) is 1. The molecule has 0 saturated heterocycles. The van der Waals surface area contributed by atoms with Gasteiger partial charge in [0.15, 0.2) is 0 Å². The standard InChI is InChI=1S/C17H16N2O6/c1-11-7-8-14(19(23)24)9-13(11)10-15(16(20)21)18-25-17(22)12-5-3-2-4-6-12/h2-9,15,18H,10H2,1H3,(H,20,21). The van der Waals surface area contributed by atoms with Crippen molar-refractivity contribution in [3.63, 3.8) is 0 Å². The predicted molar refractivity (Wildman–Crippen MR) is 88.0 cm³/mol. The highest BCUT2D eigenvalue weighted by atomic mass is 16.7. The molecule has 0 spiro atoms. The molecular weight excluding hydrogens is 328 g/mol. The highest BCUT2D eigenvalue weighted by molar-refractivity contribution is 5.89. The number of carboxylic acid groups (broad SMARTS) is 1. The van der Waals surface area contributed by atoms with Crippen LogP contribution in [0.5, 0.6) is 0 Å². The Labute approximate surface area is 143 Å². The van der Waals surface area contributed by atoms with Crippen molar-refractivity contribution in [3.05, 3.63) is 75.3 Å². The van der Waals surface area contributed by atoms with Crippen LogP contribution >= 0.6 is 0 Å². The lowest BCUT2D eigenvalue weighted by atomic mass is 10.0. The lowest BCUT2D eigenvalue weighted by molar-refractivity contribution is -0.384. The Hall–Kier alpha value is -3.26. The highest BCUT2D eigenvalue weighted by Crippen LogP contribution is 2.19. The summed E-state index contributed by atoms with van der Waals surface area (Å²) < 4.78 is 0. The SMILES string of the molecule is Cc1ccc([N+](=O)[O-])cc1CC(NOC(=O)c1ccccc1)C(=O)O. The van der Waals surface area contributed by atoms with Gasteiger partial charge >= 0.3 is 11.9 Å². The van der Waals surface area contributed by atoms with Crippen LogP contribution in [-0.2, 0) is 16.1 Å². The van der Waals surface area contributed by atoms with Crippen molar-refractivity contribution in [1.82, 2.24) is 5.48 Å². The normalized spacial score (nSPS) is 11.6. The number of carbonyl (C=O) groups excluding carboxylic acids is 1. The minimum Gasteiger partial charge on any atom is -0.480 e. The molecule has 0 aliphatic carbocycles. The van der Waals surface area contributed by atoms with Crippen LogP contribution in [0.3, 0.4) is 0 Å². The maximum Gasteiger partial charge on any atom is 0.356 e. The quantitative estimate of drug-likeness (QED) is 0.584. The number of nitro benzene ring substituents is 1. The van der Waals surface area contributed by atoms with Gasteiger partial charge < -0.3 is 9.94 Å². The van der Waals surface area contributed by atoms with Crippen LogP contribution in [0.25, 0.3) is 0 Å². The fourth-order valence-electron chi connectivity index (χ4n) is 2.15. The number of nitrogens with zero attached hydrogens (tertiary/aromatic N) is 1. The summed E-state index contributed by atoms with van der Waals surface area (Å²) in [6, 6.07) is 11.1. The summed E-state index contributed by atoms with van der Waals surface area (Å²) in [4.78, 5) is 38.4. The summed E-state index contributed by atoms with van der Waals surface area (Å²) in [5, 5.41) is 20.2. The zero-order valence-corrected chi connectivity index (χ0v) is 13.3. The fraction of sp³-hybridized carbons (Fsp3) is 0.176. The van der Waals surface area contributed by atoms with Gasteiger partial charge in [-0.1, -0.05) is 24.3 Å². The Morgan fingerprint density at radius 1 is 1.24 bits per heavy atom. The average Bonchev–Trinajstić information content (AvgIpc) is 2.60. The number of benzene rings is 2. The van der Waals surface area contributed by atoms with E-state index in [1.807, 2.05) is 0 Å². The third-order valence-corrected chi connectivity index (χ3v) is 3.57. The molecule has 2 N–H and O–H groups in total. The number of hydroxylamine groups is 1. The van der Waals surface area contributed by atoms with Gasteiger partial charge in [-0.05, 0) is 30.2 Å². The number of aliphatic carboxylic acids is 1. The number of carboxylic acids is 1. The Morgan fingerprint density at radius 2 is 1.92 bits per heavy atom. The van der Waals surface area contributed by atoms with Crippen molar-refractivity contribution >= 4 is 17.6 Å². The molecule has 2 aromatic rings. The van der Waals surface area contributed by atoms with Crippen LogP contribution in [0.4, 0.5) is 5.69 Å². The maximum atomic E-state index is 11.9. The van der Waals surface area contributed by atoms with Crippen molar-refractivity contribution in [3.8, 4) is 0 Å². The first-order valence-corrected chi connectivity index (χ1v) is 7.37. The molecule has 8 nitrogen and oxygen atoms in total. The summed E-state index contributed by atoms with van der Waals surface area (Å²) in [6.07, 6.45) is -0.0785. The third-order valence-electron chi connectivity index (χ3n) is 3.57. The second-order valence-corrected chi connectivity index (χ2v) is 5.34. The van der Waals surface area contributed by atoms with E-state index in [1.165, 1.54) is 24.3 Å². The van der Waals surface area contributed by atoms with E-state index in [9.17, 15) is 24.8 Å². The van der Waals surface area contributed by atoms with E-state index in [-0.39, 0.29) is 17.7 Å². The first-order valence-electron chi connectivity index (χ1n) is 7.37. The molecule has 25 heavy (non-hydrogen) atoms. The molecule has 0 aromatic heterocycles. The van der Waals surface area contributed by atoms with Crippen LogP contribution in [0.1, 0.15) is 21.5 Å². The lowest BCUT2D eigenvalue weighted by Crippen LogP contribution is -2.40. The lowest BCUT2D eigenvalue weighted by Gasteiger charge is -2.15. The van der Waals surface area contributed by atoms with Gasteiger partial charge in [-0.3, -0.25) is 14.9 Å². The van der Waals surface area contributed by atoms with Crippen LogP contribution in [0, 0.1) is 17.0 Å². The smallest absolute Gasteiger partial charge is 0.356 e. The molecule has 0 saturated carbocycles. The first kappa shape index (κ1) is 18.1. The molecule has 0 fully saturated rings. The summed E-state index contributed by atoms with van der Waals surface area (Å²) in [7, 11) is 0. The number of nitro groups is 1. The van der Waals surface area contributed by atoms with E-state index in [2.05, 4.69) is 5.48 Å². The van der Waals surface area contributed by atoms with Gasteiger partial charge in [0.05, 0.1) is 10.5 Å². The summed E-state index contributed by atoms with van der Waals surface area (Å²) in [5.41, 5.74) is 3.54. The molecule has 0 aliphatic heterocycles. The molecule has 0 aliphatic rings. The molecule has 2 aromatic carbocycles. The fourth-order valence-corrected chi connectivity index (χ4v) is 2.15. The Kier molecular flexibility index (Phi) is 5.80. The van der Waals surface area contributed by atoms with E-state index in [0.717, 1.165) is 0 Å². The van der Waals surface area contributed by atoms with Gasteiger partial charge in [-0.2, -0.15) is 0 Å². The van der Waals surface area contributed by atoms with Crippen molar-refractivity contribution in [2.24, 2.45) is 0 Å². The van der Waals surface area contributed by atoms with Crippen LogP contribution in [-0.4, -0.2) is 28.0 Å². The van der Waals surface area contributed by atoms with E-state index in [1.54, 1.807) is 31.2 Å². The van der Waals surface area contributed by atoms with Gasteiger partial charge in [0, 0.05) is 18.6 Å². The second kappa shape index (κ2) is 8.02. The number of non-ortho nitro benzene ring substituents is 1. The molecule has 1 unspecified atom stereocenters. The van der Waals surface area contributed by atoms with Crippen molar-refractivity contribution in [2.75, 3.05) is 0 Å². The molecule has 0 bridgehead atoms. The molecule has 130 valence electrons. The van der Waals surface area contributed by atoms with E-state index in [0.29, 0.717) is 11.1 Å². The molecule has 0 radical (unpaired) electrons. The van der Waals surface area contributed by atoms with Gasteiger partial charge in [-0.25, -0.2) is 4.79 Å². The maximum absolute atomic E-state index is 11.9. The zero-order valence-electron chi connectivity index (χ0n) is 13.3. The van der Waals surface area contributed by atoms with E-state index >= 15 is 0 Å². The monoisotopic (exact) mass is 344 g/mol. The average molecular weight is 344 g/mol. The van der Waals surface area contributed by atoms with Gasteiger partial charge in [0.25, 0.3) is 5.69 Å². The van der Waals surface area contributed by atoms with E-state index in [4.69, 9.17) is 4.84 Å². The van der Waals surface area contributed by atoms with Gasteiger partial charge in [0.1, 0.15) is 6.04 Å². The van der Waals surface area contributed by atoms with Crippen LogP contribution < -0.4 is 5.48 Å². The largest absolute Gasteiger partial charge is 0.480 e. The number of carbonyl (C=O) groups is 2. The van der Waals surface area contributed by atoms with E-state index < -0.39 is 22.9 Å². The minimum atomic E-state index is -1.24. The molecule has 8 heteroatoms. The Balaban J connectivity index is 2.09. The zero-order chi connectivity index (χ0) is 18.4. The summed E-state index contributed by atoms with van der Waals surface area (Å²) in [6.45, 7) is 1.72. The van der Waals surface area contributed by atoms with Crippen molar-refractivity contribution in [2.45, 2.75) is 19.4 Å². The Morgan fingerprint density at radius 3 is 2.52 bits per heavy atom. The number of rotatable bonds is 7. The third kappa shape index (κ3) is 4.85. The summed E-state index contributed by atoms with van der Waals surface area (Å²) in [5.74, 6) is -1.96. The number of hydrogen-bond donors (Lipinski definition) is 2. The molecule has 0 amide bonds. The Bertz CT molecular complexity index is 791. The van der Waals surface area contributed by atoms with Crippen LogP contribution in [0.15, 0.2) is 48.5 Å². The molecule has 2 rings (SSSR count). The predicted octanol–water partition coefficient (Wildman–Crippen LogP) is 2.26. The molecule has 1 atom stereocenters. The first-order chi connectivity index (χ1) is 11.9. The molecular formula is C17H16N2O6. The number of hydrogen-bond acceptors (Lipinski definition) is 6. The number of aryl methyl sites for hydroxylation is 1. The van der Waals surface area contributed by atoms with Crippen molar-refractivity contribution in [1.29, 1.82) is 0 Å². The summed E-state index contributed by atoms with van der Waals surface area (Å²) >= 11 is 0. The molecule has 0 heterocycles. The second-order valence-electron chi connectivity index (χ2n) is 5.34. The van der Waals surface area contributed by atoms with Crippen LogP contribution in [0.2, 0.25) is 0 Å². The van der Waals surface area contributed by atoms with Gasteiger partial charge in [0.2, 0.25) is 0 Å². The topological polar surface area (TPSA) is 119 Å². The van der Waals surface area contributed by atoms with Crippen molar-refractivity contribution < 1.29 is 24.5 Å².